The van der Waals surface area contributed by atoms with Crippen LogP contribution in [-0.2, 0) is 7.05 Å². The highest BCUT2D eigenvalue weighted by Gasteiger charge is 2.09. The van der Waals surface area contributed by atoms with E-state index >= 15 is 0 Å². The minimum absolute atomic E-state index is 1.05. The monoisotopic (exact) mass is 199 g/mol. The molecule has 0 aliphatic rings. The molecule has 0 unspecified atom stereocenters. The maximum absolute atomic E-state index is 4.52. The number of fused-ring (bicyclic) bond motifs is 3. The smallest absolute Gasteiger partial charge is 0.106 e. The molecular formula is C12H13N3. The molecule has 0 fully saturated rings. The lowest BCUT2D eigenvalue weighted by Gasteiger charge is -1.98. The van der Waals surface area contributed by atoms with Crippen LogP contribution >= 0.6 is 0 Å². The van der Waals surface area contributed by atoms with E-state index in [1.54, 1.807) is 0 Å². The fraction of sp³-hybridized carbons (Fsp3) is 0.250. The molecule has 3 nitrogen and oxygen atoms in total. The Labute approximate surface area is 87.7 Å². The van der Waals surface area contributed by atoms with Gasteiger partial charge in [0.25, 0.3) is 0 Å². The maximum atomic E-state index is 4.52. The molecule has 0 aliphatic heterocycles. The average molecular weight is 199 g/mol. The summed E-state index contributed by atoms with van der Waals surface area (Å²) >= 11 is 0. The zero-order valence-electron chi connectivity index (χ0n) is 9.13. The first kappa shape index (κ1) is 8.53. The van der Waals surface area contributed by atoms with Crippen molar-refractivity contribution in [2.75, 3.05) is 0 Å². The average Bonchev–Trinajstić information content (AvgIpc) is 2.68. The van der Waals surface area contributed by atoms with Gasteiger partial charge >= 0.3 is 0 Å². The van der Waals surface area contributed by atoms with Crippen LogP contribution in [0.3, 0.4) is 0 Å². The number of hydrogen-bond donors (Lipinski definition) is 1. The Kier molecular flexibility index (Phi) is 1.49. The molecular weight excluding hydrogens is 186 g/mol. The largest absolute Gasteiger partial charge is 0.357 e. The number of rotatable bonds is 0. The highest BCUT2D eigenvalue weighted by Crippen LogP contribution is 2.25. The van der Waals surface area contributed by atoms with Crippen molar-refractivity contribution in [1.29, 1.82) is 0 Å². The third kappa shape index (κ3) is 1.03. The van der Waals surface area contributed by atoms with Crippen LogP contribution in [-0.4, -0.2) is 14.5 Å². The lowest BCUT2D eigenvalue weighted by Crippen LogP contribution is -1.90. The van der Waals surface area contributed by atoms with E-state index in [9.17, 15) is 0 Å². The van der Waals surface area contributed by atoms with E-state index in [1.807, 2.05) is 6.92 Å². The van der Waals surface area contributed by atoms with Gasteiger partial charge in [-0.3, -0.25) is 0 Å². The van der Waals surface area contributed by atoms with E-state index in [2.05, 4.69) is 46.7 Å². The Balaban J connectivity index is 2.62. The van der Waals surface area contributed by atoms with Crippen LogP contribution in [0.15, 0.2) is 18.2 Å². The summed E-state index contributed by atoms with van der Waals surface area (Å²) in [4.78, 5) is 7.91. The standard InChI is InChI=1S/C12H13N3/c1-7-6-9-4-5-10-12(11(9)13-7)15(3)8(2)14-10/h4-6,13H,1-3H3. The highest BCUT2D eigenvalue weighted by molar-refractivity contribution is 6.02. The van der Waals surface area contributed by atoms with Crippen LogP contribution in [0.25, 0.3) is 21.9 Å². The number of aromatic nitrogens is 3. The van der Waals surface area contributed by atoms with Gasteiger partial charge in [0.2, 0.25) is 0 Å². The van der Waals surface area contributed by atoms with Crippen molar-refractivity contribution >= 4 is 21.9 Å². The summed E-state index contributed by atoms with van der Waals surface area (Å²) in [6.07, 6.45) is 0. The topological polar surface area (TPSA) is 33.6 Å². The van der Waals surface area contributed by atoms with E-state index in [-0.39, 0.29) is 0 Å². The van der Waals surface area contributed by atoms with Crippen LogP contribution in [0.4, 0.5) is 0 Å². The second-order valence-corrected chi connectivity index (χ2v) is 4.07. The third-order valence-electron chi connectivity index (χ3n) is 2.99. The van der Waals surface area contributed by atoms with Crippen LogP contribution < -0.4 is 0 Å². The number of benzene rings is 1. The van der Waals surface area contributed by atoms with Gasteiger partial charge in [0, 0.05) is 18.1 Å². The van der Waals surface area contributed by atoms with Gasteiger partial charge in [-0.25, -0.2) is 4.98 Å². The Morgan fingerprint density at radius 2 is 2.07 bits per heavy atom. The summed E-state index contributed by atoms with van der Waals surface area (Å²) in [5, 5.41) is 1.25. The second-order valence-electron chi connectivity index (χ2n) is 4.07. The van der Waals surface area contributed by atoms with Crippen molar-refractivity contribution in [3.8, 4) is 0 Å². The first-order valence-electron chi connectivity index (χ1n) is 5.08. The maximum Gasteiger partial charge on any atom is 0.106 e. The van der Waals surface area contributed by atoms with Crippen molar-refractivity contribution in [3.63, 3.8) is 0 Å². The van der Waals surface area contributed by atoms with Crippen LogP contribution in [0.5, 0.6) is 0 Å². The lowest BCUT2D eigenvalue weighted by atomic mass is 10.2. The van der Waals surface area contributed by atoms with Gasteiger partial charge in [0.05, 0.1) is 16.6 Å². The molecule has 76 valence electrons. The molecule has 1 aromatic carbocycles. The molecule has 0 saturated carbocycles. The summed E-state index contributed by atoms with van der Waals surface area (Å²) in [7, 11) is 2.06. The number of H-pyrrole nitrogens is 1. The summed E-state index contributed by atoms with van der Waals surface area (Å²) in [6.45, 7) is 4.11. The second kappa shape index (κ2) is 2.63. The Morgan fingerprint density at radius 3 is 2.87 bits per heavy atom. The van der Waals surface area contributed by atoms with Gasteiger partial charge in [-0.15, -0.1) is 0 Å². The van der Waals surface area contributed by atoms with Crippen LogP contribution in [0, 0.1) is 13.8 Å². The van der Waals surface area contributed by atoms with Gasteiger partial charge in [-0.05, 0) is 26.0 Å². The summed E-state index contributed by atoms with van der Waals surface area (Å²) in [5.41, 5.74) is 4.63. The minimum Gasteiger partial charge on any atom is -0.357 e. The van der Waals surface area contributed by atoms with E-state index in [0.29, 0.717) is 0 Å². The van der Waals surface area contributed by atoms with Gasteiger partial charge in [-0.2, -0.15) is 0 Å². The van der Waals surface area contributed by atoms with E-state index in [0.717, 1.165) is 11.3 Å². The molecule has 0 amide bonds. The highest BCUT2D eigenvalue weighted by atomic mass is 15.1. The summed E-state index contributed by atoms with van der Waals surface area (Å²) in [6, 6.07) is 6.36. The first-order chi connectivity index (χ1) is 7.16. The summed E-state index contributed by atoms with van der Waals surface area (Å²) in [5.74, 6) is 1.05. The van der Waals surface area contributed by atoms with E-state index in [4.69, 9.17) is 0 Å². The zero-order valence-corrected chi connectivity index (χ0v) is 9.13. The first-order valence-corrected chi connectivity index (χ1v) is 5.08. The van der Waals surface area contributed by atoms with Crippen molar-refractivity contribution in [2.24, 2.45) is 7.05 Å². The van der Waals surface area contributed by atoms with E-state index in [1.165, 1.54) is 22.1 Å². The molecule has 3 heteroatoms. The van der Waals surface area contributed by atoms with Crippen LogP contribution in [0.2, 0.25) is 0 Å². The number of nitrogens with zero attached hydrogens (tertiary/aromatic N) is 2. The molecule has 0 aliphatic carbocycles. The Hall–Kier alpha value is -1.77. The van der Waals surface area contributed by atoms with Crippen molar-refractivity contribution in [3.05, 3.63) is 29.7 Å². The van der Waals surface area contributed by atoms with Crippen molar-refractivity contribution in [2.45, 2.75) is 13.8 Å². The molecule has 0 bridgehead atoms. The minimum atomic E-state index is 1.05. The SMILES string of the molecule is Cc1cc2ccc3nc(C)n(C)c3c2[nH]1. The zero-order chi connectivity index (χ0) is 10.6. The molecule has 0 spiro atoms. The summed E-state index contributed by atoms with van der Waals surface area (Å²) < 4.78 is 2.13. The van der Waals surface area contributed by atoms with Crippen molar-refractivity contribution in [1.82, 2.24) is 14.5 Å². The molecule has 1 N–H and O–H groups in total. The van der Waals surface area contributed by atoms with Gasteiger partial charge in [-0.1, -0.05) is 6.07 Å². The Morgan fingerprint density at radius 1 is 1.27 bits per heavy atom. The molecule has 0 saturated heterocycles. The predicted molar refractivity (Wildman–Crippen MR) is 62.0 cm³/mol. The normalized spacial score (nSPS) is 11.7. The molecule has 0 atom stereocenters. The third-order valence-corrected chi connectivity index (χ3v) is 2.99. The van der Waals surface area contributed by atoms with Gasteiger partial charge < -0.3 is 9.55 Å². The molecule has 3 aromatic rings. The number of aryl methyl sites for hydroxylation is 3. The molecule has 3 rings (SSSR count). The molecule has 2 aromatic heterocycles. The fourth-order valence-corrected chi connectivity index (χ4v) is 2.15. The molecule has 2 heterocycles. The number of imidazole rings is 1. The fourth-order valence-electron chi connectivity index (χ4n) is 2.15. The van der Waals surface area contributed by atoms with Gasteiger partial charge in [0.1, 0.15) is 5.82 Å². The Bertz CT molecular complexity index is 658. The van der Waals surface area contributed by atoms with Gasteiger partial charge in [0.15, 0.2) is 0 Å². The number of aromatic amines is 1. The predicted octanol–water partition coefficient (Wildman–Crippen LogP) is 2.67. The molecule has 15 heavy (non-hydrogen) atoms. The quantitative estimate of drug-likeness (QED) is 0.593. The van der Waals surface area contributed by atoms with Crippen LogP contribution in [0.1, 0.15) is 11.5 Å². The number of nitrogens with one attached hydrogen (secondary N) is 1. The molecule has 0 radical (unpaired) electrons. The van der Waals surface area contributed by atoms with E-state index < -0.39 is 0 Å². The van der Waals surface area contributed by atoms with Crippen molar-refractivity contribution < 1.29 is 0 Å². The number of hydrogen-bond acceptors (Lipinski definition) is 1. The lowest BCUT2D eigenvalue weighted by molar-refractivity contribution is 0.887.